The van der Waals surface area contributed by atoms with E-state index in [1.54, 1.807) is 4.90 Å². The predicted octanol–water partition coefficient (Wildman–Crippen LogP) is 3.57. The number of carbonyl (C=O) groups excluding carboxylic acids is 1. The highest BCUT2D eigenvalue weighted by Gasteiger charge is 2.50. The van der Waals surface area contributed by atoms with Gasteiger partial charge < -0.3 is 18.9 Å². The van der Waals surface area contributed by atoms with Crippen LogP contribution in [0.5, 0.6) is 0 Å². The molecule has 2 heterocycles. The average Bonchev–Trinajstić information content (AvgIpc) is 2.74. The SMILES string of the molecule is C[C@H]1C/C(=C/B2OC(C)(C)C(C)(C)O2)CN1C(=O)OC(C)(C)C. The number of likely N-dealkylation sites (tertiary alicyclic amines) is 1. The maximum Gasteiger partial charge on any atom is 0.487 e. The molecule has 5 nitrogen and oxygen atoms in total. The molecule has 0 spiro atoms. The van der Waals surface area contributed by atoms with Crippen molar-refractivity contribution in [3.8, 4) is 0 Å². The van der Waals surface area contributed by atoms with Crippen molar-refractivity contribution in [1.29, 1.82) is 0 Å². The Morgan fingerprint density at radius 3 is 2.26 bits per heavy atom. The molecular weight excluding hydrogens is 293 g/mol. The van der Waals surface area contributed by atoms with Crippen LogP contribution in [0.4, 0.5) is 4.79 Å². The minimum absolute atomic E-state index is 0.124. The van der Waals surface area contributed by atoms with E-state index in [9.17, 15) is 4.79 Å². The largest absolute Gasteiger partial charge is 0.487 e. The second kappa shape index (κ2) is 5.81. The Hall–Kier alpha value is -1.01. The molecule has 2 saturated heterocycles. The summed E-state index contributed by atoms with van der Waals surface area (Å²) in [5, 5.41) is 0. The Labute approximate surface area is 140 Å². The zero-order valence-corrected chi connectivity index (χ0v) is 15.7. The molecule has 23 heavy (non-hydrogen) atoms. The standard InChI is InChI=1S/C17H30BNO4/c1-12-9-13(11-19(12)14(20)21-15(2,3)4)10-18-22-16(5,6)17(7,8)23-18/h10,12H,9,11H2,1-8H3/b13-10-/t12-/m0/s1. The van der Waals surface area contributed by atoms with Gasteiger partial charge in [-0.1, -0.05) is 11.5 Å². The number of hydrogen-bond donors (Lipinski definition) is 0. The van der Waals surface area contributed by atoms with Crippen LogP contribution in [0.2, 0.25) is 0 Å². The molecular formula is C17H30BNO4. The summed E-state index contributed by atoms with van der Waals surface area (Å²) >= 11 is 0. The monoisotopic (exact) mass is 323 g/mol. The van der Waals surface area contributed by atoms with Gasteiger partial charge in [0.1, 0.15) is 5.60 Å². The summed E-state index contributed by atoms with van der Waals surface area (Å²) in [6, 6.07) is 0.124. The third-order valence-electron chi connectivity index (χ3n) is 4.73. The molecule has 1 atom stereocenters. The second-order valence-corrected chi connectivity index (χ2v) is 8.61. The van der Waals surface area contributed by atoms with Gasteiger partial charge in [-0.3, -0.25) is 0 Å². The first-order valence-corrected chi connectivity index (χ1v) is 8.35. The normalized spacial score (nSPS) is 28.5. The van der Waals surface area contributed by atoms with E-state index in [-0.39, 0.29) is 30.5 Å². The predicted molar refractivity (Wildman–Crippen MR) is 91.2 cm³/mol. The van der Waals surface area contributed by atoms with Crippen LogP contribution in [0.25, 0.3) is 0 Å². The number of hydrogen-bond acceptors (Lipinski definition) is 4. The van der Waals surface area contributed by atoms with Crippen molar-refractivity contribution in [2.75, 3.05) is 6.54 Å². The summed E-state index contributed by atoms with van der Waals surface area (Å²) in [5.74, 6) is 2.01. The fourth-order valence-electron chi connectivity index (χ4n) is 2.76. The van der Waals surface area contributed by atoms with Gasteiger partial charge in [0.15, 0.2) is 0 Å². The van der Waals surface area contributed by atoms with Crippen LogP contribution in [0.3, 0.4) is 0 Å². The lowest BCUT2D eigenvalue weighted by molar-refractivity contribution is 0.00578. The van der Waals surface area contributed by atoms with Gasteiger partial charge in [0, 0.05) is 12.6 Å². The third kappa shape index (κ3) is 4.10. The van der Waals surface area contributed by atoms with E-state index in [0.717, 1.165) is 12.0 Å². The van der Waals surface area contributed by atoms with Crippen LogP contribution < -0.4 is 0 Å². The molecule has 2 aliphatic heterocycles. The molecule has 0 N–H and O–H groups in total. The quantitative estimate of drug-likeness (QED) is 0.692. The molecule has 0 aromatic rings. The summed E-state index contributed by atoms with van der Waals surface area (Å²) < 4.78 is 17.5. The van der Waals surface area contributed by atoms with Crippen molar-refractivity contribution < 1.29 is 18.8 Å². The van der Waals surface area contributed by atoms with Gasteiger partial charge in [-0.2, -0.15) is 0 Å². The van der Waals surface area contributed by atoms with E-state index in [2.05, 4.69) is 0 Å². The van der Waals surface area contributed by atoms with Crippen LogP contribution in [-0.2, 0) is 14.0 Å². The molecule has 2 aliphatic rings. The summed E-state index contributed by atoms with van der Waals surface area (Å²) in [5.41, 5.74) is -0.00960. The molecule has 0 saturated carbocycles. The van der Waals surface area contributed by atoms with Crippen LogP contribution in [-0.4, -0.2) is 47.5 Å². The van der Waals surface area contributed by atoms with Crippen LogP contribution >= 0.6 is 0 Å². The van der Waals surface area contributed by atoms with Gasteiger partial charge in [0.05, 0.1) is 11.2 Å². The summed E-state index contributed by atoms with van der Waals surface area (Å²) in [6.07, 6.45) is 0.561. The summed E-state index contributed by atoms with van der Waals surface area (Å²) in [4.78, 5) is 14.0. The lowest BCUT2D eigenvalue weighted by Crippen LogP contribution is -2.41. The minimum Gasteiger partial charge on any atom is -0.444 e. The molecule has 1 amide bonds. The fourth-order valence-corrected chi connectivity index (χ4v) is 2.76. The minimum atomic E-state index is -0.477. The number of amides is 1. The number of ether oxygens (including phenoxy) is 1. The van der Waals surface area contributed by atoms with E-state index in [0.29, 0.717) is 6.54 Å². The Kier molecular flexibility index (Phi) is 4.64. The molecule has 0 aromatic carbocycles. The first-order chi connectivity index (χ1) is 10.3. The highest BCUT2D eigenvalue weighted by molar-refractivity contribution is 6.51. The summed E-state index contributed by atoms with van der Waals surface area (Å²) in [7, 11) is -0.360. The van der Waals surface area contributed by atoms with E-state index >= 15 is 0 Å². The number of carbonyl (C=O) groups is 1. The average molecular weight is 323 g/mol. The van der Waals surface area contributed by atoms with Gasteiger partial charge in [-0.05, 0) is 61.8 Å². The molecule has 0 aromatic heterocycles. The Bertz CT molecular complexity index is 491. The molecule has 0 radical (unpaired) electrons. The maximum atomic E-state index is 12.3. The Morgan fingerprint density at radius 2 is 1.78 bits per heavy atom. The van der Waals surface area contributed by atoms with Gasteiger partial charge in [0.25, 0.3) is 0 Å². The molecule has 2 fully saturated rings. The second-order valence-electron chi connectivity index (χ2n) is 8.61. The smallest absolute Gasteiger partial charge is 0.444 e. The lowest BCUT2D eigenvalue weighted by Gasteiger charge is -2.32. The maximum absolute atomic E-state index is 12.3. The number of rotatable bonds is 1. The fraction of sp³-hybridized carbons (Fsp3) is 0.824. The van der Waals surface area contributed by atoms with Gasteiger partial charge in [0.2, 0.25) is 0 Å². The van der Waals surface area contributed by atoms with E-state index in [1.807, 2.05) is 61.4 Å². The third-order valence-corrected chi connectivity index (χ3v) is 4.73. The summed E-state index contributed by atoms with van der Waals surface area (Å²) in [6.45, 7) is 16.4. The van der Waals surface area contributed by atoms with Crippen LogP contribution in [0, 0.1) is 0 Å². The zero-order valence-electron chi connectivity index (χ0n) is 15.7. The molecule has 0 aliphatic carbocycles. The highest BCUT2D eigenvalue weighted by atomic mass is 16.7. The van der Waals surface area contributed by atoms with Crippen molar-refractivity contribution in [2.24, 2.45) is 0 Å². The zero-order chi connectivity index (χ0) is 17.6. The Morgan fingerprint density at radius 1 is 1.26 bits per heavy atom. The topological polar surface area (TPSA) is 48.0 Å². The van der Waals surface area contributed by atoms with E-state index in [4.69, 9.17) is 14.0 Å². The van der Waals surface area contributed by atoms with Gasteiger partial charge in [-0.15, -0.1) is 0 Å². The van der Waals surface area contributed by atoms with Crippen molar-refractivity contribution in [1.82, 2.24) is 4.90 Å². The van der Waals surface area contributed by atoms with Crippen molar-refractivity contribution >= 4 is 13.2 Å². The van der Waals surface area contributed by atoms with Crippen LogP contribution in [0.1, 0.15) is 61.8 Å². The first kappa shape index (κ1) is 18.3. The molecule has 2 rings (SSSR count). The van der Waals surface area contributed by atoms with Crippen LogP contribution in [0.15, 0.2) is 11.5 Å². The van der Waals surface area contributed by atoms with Gasteiger partial charge >= 0.3 is 13.2 Å². The van der Waals surface area contributed by atoms with E-state index in [1.165, 1.54) is 0 Å². The molecule has 0 bridgehead atoms. The highest BCUT2D eigenvalue weighted by Crippen LogP contribution is 2.37. The van der Waals surface area contributed by atoms with E-state index < -0.39 is 5.60 Å². The lowest BCUT2D eigenvalue weighted by atomic mass is 9.86. The molecule has 6 heteroatoms. The first-order valence-electron chi connectivity index (χ1n) is 8.35. The van der Waals surface area contributed by atoms with Gasteiger partial charge in [-0.25, -0.2) is 4.79 Å². The molecule has 0 unspecified atom stereocenters. The van der Waals surface area contributed by atoms with Crippen molar-refractivity contribution in [2.45, 2.75) is 84.7 Å². The van der Waals surface area contributed by atoms with Crippen molar-refractivity contribution in [3.05, 3.63) is 11.5 Å². The number of nitrogens with zero attached hydrogens (tertiary/aromatic N) is 1. The molecule has 130 valence electrons. The van der Waals surface area contributed by atoms with Crippen molar-refractivity contribution in [3.63, 3.8) is 0 Å². The Balaban J connectivity index is 2.03.